The normalized spacial score (nSPS) is 16.0. The zero-order chi connectivity index (χ0) is 14.8. The summed E-state index contributed by atoms with van der Waals surface area (Å²) in [5.41, 5.74) is 3.17. The average molecular weight is 389 g/mol. The summed E-state index contributed by atoms with van der Waals surface area (Å²) < 4.78 is 6.37. The highest BCUT2D eigenvalue weighted by Gasteiger charge is 2.24. The van der Waals surface area contributed by atoms with E-state index in [-0.39, 0.29) is 0 Å². The van der Waals surface area contributed by atoms with E-state index in [9.17, 15) is 4.79 Å². The van der Waals surface area contributed by atoms with Gasteiger partial charge in [0.05, 0.1) is 0 Å². The summed E-state index contributed by atoms with van der Waals surface area (Å²) in [6.45, 7) is 1.99. The minimum Gasteiger partial charge on any atom is -0.402 e. The molecule has 0 saturated heterocycles. The quantitative estimate of drug-likeness (QED) is 0.443. The van der Waals surface area contributed by atoms with Gasteiger partial charge in [0, 0.05) is 9.13 Å². The van der Waals surface area contributed by atoms with Gasteiger partial charge in [-0.1, -0.05) is 29.8 Å². The van der Waals surface area contributed by atoms with Gasteiger partial charge in [0.2, 0.25) is 5.90 Å². The first-order chi connectivity index (χ1) is 10.1. The molecule has 0 fully saturated rings. The fourth-order valence-electron chi connectivity index (χ4n) is 2.06. The Labute approximate surface area is 136 Å². The highest BCUT2D eigenvalue weighted by Crippen LogP contribution is 2.20. The molecule has 3 nitrogen and oxygen atoms in total. The van der Waals surface area contributed by atoms with Crippen LogP contribution in [0.5, 0.6) is 0 Å². The number of ether oxygens (including phenoxy) is 1. The Balaban J connectivity index is 1.95. The molecule has 0 unspecified atom stereocenters. The van der Waals surface area contributed by atoms with Crippen LogP contribution in [0.2, 0.25) is 0 Å². The van der Waals surface area contributed by atoms with Gasteiger partial charge >= 0.3 is 5.97 Å². The van der Waals surface area contributed by atoms with Crippen LogP contribution < -0.4 is 0 Å². The third kappa shape index (κ3) is 3.21. The van der Waals surface area contributed by atoms with Crippen molar-refractivity contribution >= 4 is 40.5 Å². The van der Waals surface area contributed by atoms with E-state index in [2.05, 4.69) is 27.6 Å². The predicted molar refractivity (Wildman–Crippen MR) is 90.9 cm³/mol. The number of halogens is 1. The van der Waals surface area contributed by atoms with Crippen LogP contribution >= 0.6 is 22.6 Å². The molecule has 0 amide bonds. The lowest BCUT2D eigenvalue weighted by atomic mass is 10.1. The molecule has 1 aliphatic heterocycles. The van der Waals surface area contributed by atoms with E-state index in [1.54, 1.807) is 6.08 Å². The molecule has 21 heavy (non-hydrogen) atoms. The molecule has 0 aliphatic carbocycles. The Morgan fingerprint density at radius 1 is 1.14 bits per heavy atom. The van der Waals surface area contributed by atoms with E-state index in [1.165, 1.54) is 0 Å². The predicted octanol–water partition coefficient (Wildman–Crippen LogP) is 3.94. The second-order valence-electron chi connectivity index (χ2n) is 4.76. The van der Waals surface area contributed by atoms with Gasteiger partial charge in [-0.2, -0.15) is 0 Å². The number of hydrogen-bond donors (Lipinski definition) is 0. The van der Waals surface area contributed by atoms with Gasteiger partial charge in [-0.05, 0) is 65.4 Å². The molecule has 0 aromatic heterocycles. The SMILES string of the molecule is Cc1cccc(C2=N/C(=C\c3cccc(I)c3)C(=O)O2)c1. The third-order valence-corrected chi connectivity index (χ3v) is 3.71. The van der Waals surface area contributed by atoms with Crippen molar-refractivity contribution < 1.29 is 9.53 Å². The molecule has 3 rings (SSSR count). The second-order valence-corrected chi connectivity index (χ2v) is 6.01. The number of cyclic esters (lactones) is 1. The molecule has 2 aromatic rings. The standard InChI is InChI=1S/C17H12INO2/c1-11-4-2-6-13(8-11)16-19-15(17(20)21-16)10-12-5-3-7-14(18)9-12/h2-10H,1H3/b15-10-. The molecule has 0 atom stereocenters. The van der Waals surface area contributed by atoms with Crippen molar-refractivity contribution in [3.63, 3.8) is 0 Å². The fraction of sp³-hybridized carbons (Fsp3) is 0.0588. The van der Waals surface area contributed by atoms with Crippen LogP contribution in [0.3, 0.4) is 0 Å². The first kappa shape index (κ1) is 14.0. The average Bonchev–Trinajstić information content (AvgIpc) is 2.80. The van der Waals surface area contributed by atoms with Crippen LogP contribution in [0.25, 0.3) is 6.08 Å². The van der Waals surface area contributed by atoms with Gasteiger partial charge in [-0.3, -0.25) is 0 Å². The van der Waals surface area contributed by atoms with Crippen molar-refractivity contribution in [2.75, 3.05) is 0 Å². The van der Waals surface area contributed by atoms with Gasteiger partial charge in [-0.25, -0.2) is 9.79 Å². The second kappa shape index (κ2) is 5.81. The first-order valence-electron chi connectivity index (χ1n) is 6.47. The van der Waals surface area contributed by atoms with Crippen molar-refractivity contribution in [1.29, 1.82) is 0 Å². The van der Waals surface area contributed by atoms with Crippen LogP contribution in [0.1, 0.15) is 16.7 Å². The lowest BCUT2D eigenvalue weighted by Crippen LogP contribution is -2.05. The zero-order valence-corrected chi connectivity index (χ0v) is 13.5. The Kier molecular flexibility index (Phi) is 3.88. The number of carbonyl (C=O) groups excluding carboxylic acids is 1. The van der Waals surface area contributed by atoms with E-state index < -0.39 is 5.97 Å². The number of esters is 1. The molecule has 2 aromatic carbocycles. The van der Waals surface area contributed by atoms with E-state index in [0.29, 0.717) is 11.6 Å². The molecule has 1 aliphatic rings. The molecule has 0 bridgehead atoms. The van der Waals surface area contributed by atoms with Gasteiger partial charge in [0.1, 0.15) is 0 Å². The summed E-state index contributed by atoms with van der Waals surface area (Å²) in [6.07, 6.45) is 1.74. The third-order valence-electron chi connectivity index (χ3n) is 3.04. The van der Waals surface area contributed by atoms with Crippen molar-refractivity contribution in [1.82, 2.24) is 0 Å². The number of hydrogen-bond acceptors (Lipinski definition) is 3. The number of carbonyl (C=O) groups is 1. The molecule has 0 N–H and O–H groups in total. The first-order valence-corrected chi connectivity index (χ1v) is 7.55. The largest absolute Gasteiger partial charge is 0.402 e. The molecule has 1 heterocycles. The van der Waals surface area contributed by atoms with Crippen LogP contribution in [0.15, 0.2) is 59.2 Å². The number of aryl methyl sites for hydroxylation is 1. The molecular formula is C17H12INO2. The monoisotopic (exact) mass is 389 g/mol. The summed E-state index contributed by atoms with van der Waals surface area (Å²) in [4.78, 5) is 16.2. The van der Waals surface area contributed by atoms with E-state index in [1.807, 2.05) is 55.5 Å². The summed E-state index contributed by atoms with van der Waals surface area (Å²) in [6, 6.07) is 15.6. The topological polar surface area (TPSA) is 38.7 Å². The number of benzene rings is 2. The van der Waals surface area contributed by atoms with Crippen LogP contribution in [-0.4, -0.2) is 11.9 Å². The lowest BCUT2D eigenvalue weighted by Gasteiger charge is -1.99. The number of aliphatic imine (C=N–C) groups is 1. The molecular weight excluding hydrogens is 377 g/mol. The van der Waals surface area contributed by atoms with Gasteiger partial charge in [-0.15, -0.1) is 0 Å². The van der Waals surface area contributed by atoms with Gasteiger partial charge in [0.15, 0.2) is 5.70 Å². The summed E-state index contributed by atoms with van der Waals surface area (Å²) >= 11 is 2.23. The molecule has 0 radical (unpaired) electrons. The van der Waals surface area contributed by atoms with E-state index in [4.69, 9.17) is 4.74 Å². The van der Waals surface area contributed by atoms with E-state index >= 15 is 0 Å². The maximum absolute atomic E-state index is 11.9. The van der Waals surface area contributed by atoms with Crippen molar-refractivity contribution in [2.45, 2.75) is 6.92 Å². The fourth-order valence-corrected chi connectivity index (χ4v) is 2.63. The summed E-state index contributed by atoms with van der Waals surface area (Å²) in [5, 5.41) is 0. The minimum atomic E-state index is -0.412. The number of nitrogens with zero attached hydrogens (tertiary/aromatic N) is 1. The summed E-state index contributed by atoms with van der Waals surface area (Å²) in [5.74, 6) is -0.0501. The van der Waals surface area contributed by atoms with Gasteiger partial charge < -0.3 is 4.74 Å². The van der Waals surface area contributed by atoms with E-state index in [0.717, 1.165) is 20.3 Å². The maximum atomic E-state index is 11.9. The highest BCUT2D eigenvalue weighted by atomic mass is 127. The summed E-state index contributed by atoms with van der Waals surface area (Å²) in [7, 11) is 0. The highest BCUT2D eigenvalue weighted by molar-refractivity contribution is 14.1. The number of rotatable bonds is 2. The van der Waals surface area contributed by atoms with Gasteiger partial charge in [0.25, 0.3) is 0 Å². The smallest absolute Gasteiger partial charge is 0.363 e. The van der Waals surface area contributed by atoms with Crippen LogP contribution in [0, 0.1) is 10.5 Å². The Morgan fingerprint density at radius 2 is 1.95 bits per heavy atom. The Bertz CT molecular complexity index is 778. The zero-order valence-electron chi connectivity index (χ0n) is 11.3. The minimum absolute atomic E-state index is 0.327. The lowest BCUT2D eigenvalue weighted by molar-refractivity contribution is -0.129. The molecule has 0 spiro atoms. The molecule has 104 valence electrons. The van der Waals surface area contributed by atoms with Crippen molar-refractivity contribution in [3.8, 4) is 0 Å². The Hall–Kier alpha value is -1.95. The molecule has 0 saturated carbocycles. The van der Waals surface area contributed by atoms with Crippen LogP contribution in [0.4, 0.5) is 0 Å². The van der Waals surface area contributed by atoms with Crippen molar-refractivity contribution in [3.05, 3.63) is 74.5 Å². The van der Waals surface area contributed by atoms with Crippen LogP contribution in [-0.2, 0) is 9.53 Å². The van der Waals surface area contributed by atoms with Crippen molar-refractivity contribution in [2.24, 2.45) is 4.99 Å². The Morgan fingerprint density at radius 3 is 2.71 bits per heavy atom. The maximum Gasteiger partial charge on any atom is 0.363 e. The molecule has 4 heteroatoms.